The Hall–Kier alpha value is -3.91. The van der Waals surface area contributed by atoms with Crippen LogP contribution in [-0.4, -0.2) is 61.9 Å². The van der Waals surface area contributed by atoms with Crippen molar-refractivity contribution in [3.63, 3.8) is 0 Å². The fraction of sp³-hybridized carbons (Fsp3) is 0.333. The third-order valence-corrected chi connectivity index (χ3v) is 7.46. The summed E-state index contributed by atoms with van der Waals surface area (Å²) in [4.78, 5) is 29.1. The zero-order valence-electron chi connectivity index (χ0n) is 18.5. The summed E-state index contributed by atoms with van der Waals surface area (Å²) in [7, 11) is -3.55. The van der Waals surface area contributed by atoms with Crippen LogP contribution in [0.5, 0.6) is 0 Å². The molecule has 0 aromatic carbocycles. The number of carbonyl (C=O) groups excluding carboxylic acids is 1. The molecule has 14 heteroatoms. The summed E-state index contributed by atoms with van der Waals surface area (Å²) >= 11 is 0. The summed E-state index contributed by atoms with van der Waals surface area (Å²) in [5.74, 6) is 1.43. The summed E-state index contributed by atoms with van der Waals surface area (Å²) in [6.07, 6.45) is 6.94. The number of rotatable bonds is 8. The van der Waals surface area contributed by atoms with E-state index >= 15 is 0 Å². The number of nitrogens with one attached hydrogen (secondary N) is 2. The van der Waals surface area contributed by atoms with E-state index in [4.69, 9.17) is 5.73 Å². The number of pyridine rings is 1. The van der Waals surface area contributed by atoms with Crippen LogP contribution in [0.3, 0.4) is 0 Å². The number of sulfonamides is 1. The molecule has 5 rings (SSSR count). The molecule has 1 aliphatic heterocycles. The molecule has 13 nitrogen and oxygen atoms in total. The van der Waals surface area contributed by atoms with Crippen molar-refractivity contribution in [3.05, 3.63) is 42.4 Å². The lowest BCUT2D eigenvalue weighted by Crippen LogP contribution is -2.17. The van der Waals surface area contributed by atoms with Gasteiger partial charge in [-0.05, 0) is 18.9 Å². The first-order chi connectivity index (χ1) is 16.9. The second kappa shape index (κ2) is 9.03. The van der Waals surface area contributed by atoms with Crippen molar-refractivity contribution in [3.8, 4) is 0 Å². The maximum atomic E-state index is 12.1. The Morgan fingerprint density at radius 1 is 1.31 bits per heavy atom. The molecule has 5 N–H and O–H groups in total. The maximum Gasteiger partial charge on any atom is 0.255 e. The number of amides is 1. The largest absolute Gasteiger partial charge is 0.404 e. The van der Waals surface area contributed by atoms with Gasteiger partial charge in [0.1, 0.15) is 29.6 Å². The average molecular weight is 498 g/mol. The SMILES string of the molecule is NC=C(C=NS(=O)(=O)C1CC1)c1nccc(Nc2cc3c(cn2)nc(CO)n3C2CNC(=O)C2)n1. The first kappa shape index (κ1) is 22.9. The van der Waals surface area contributed by atoms with Crippen LogP contribution < -0.4 is 16.4 Å². The van der Waals surface area contributed by atoms with Gasteiger partial charge in [-0.2, -0.15) is 4.40 Å². The predicted octanol–water partition coefficient (Wildman–Crippen LogP) is 0.381. The number of anilines is 2. The molecule has 0 spiro atoms. The molecule has 3 aromatic heterocycles. The Labute approximate surface area is 200 Å². The van der Waals surface area contributed by atoms with E-state index in [-0.39, 0.29) is 30.0 Å². The minimum atomic E-state index is -3.55. The van der Waals surface area contributed by atoms with Gasteiger partial charge in [0.25, 0.3) is 10.0 Å². The lowest BCUT2D eigenvalue weighted by molar-refractivity contribution is -0.119. The summed E-state index contributed by atoms with van der Waals surface area (Å²) < 4.78 is 29.7. The number of imidazole rings is 1. The number of nitrogens with two attached hydrogens (primary N) is 1. The highest BCUT2D eigenvalue weighted by atomic mass is 32.2. The second-order valence-electron chi connectivity index (χ2n) is 8.24. The van der Waals surface area contributed by atoms with Crippen LogP contribution in [-0.2, 0) is 21.4 Å². The van der Waals surface area contributed by atoms with E-state index in [1.165, 1.54) is 12.4 Å². The monoisotopic (exact) mass is 497 g/mol. The van der Waals surface area contributed by atoms with E-state index in [1.54, 1.807) is 18.3 Å². The number of aliphatic hydroxyl groups excluding tert-OH is 1. The number of nitrogens with zero attached hydrogens (tertiary/aromatic N) is 6. The first-order valence-electron chi connectivity index (χ1n) is 10.9. The van der Waals surface area contributed by atoms with Gasteiger partial charge in [-0.1, -0.05) is 0 Å². The lowest BCUT2D eigenvalue weighted by Gasteiger charge is -2.14. The number of hydrogen-bond donors (Lipinski definition) is 4. The summed E-state index contributed by atoms with van der Waals surface area (Å²) in [5, 5.41) is 15.2. The highest BCUT2D eigenvalue weighted by molar-refractivity contribution is 7.91. The number of hydrogen-bond acceptors (Lipinski definition) is 10. The highest BCUT2D eigenvalue weighted by Gasteiger charge is 2.35. The number of fused-ring (bicyclic) bond motifs is 1. The van der Waals surface area contributed by atoms with Gasteiger partial charge >= 0.3 is 0 Å². The van der Waals surface area contributed by atoms with E-state index in [0.29, 0.717) is 54.3 Å². The Morgan fingerprint density at radius 2 is 2.14 bits per heavy atom. The number of allylic oxidation sites excluding steroid dienone is 1. The van der Waals surface area contributed by atoms with Crippen LogP contribution in [0.15, 0.2) is 35.1 Å². The summed E-state index contributed by atoms with van der Waals surface area (Å²) in [6, 6.07) is 3.21. The molecule has 3 aromatic rings. The molecule has 1 atom stereocenters. The van der Waals surface area contributed by atoms with E-state index in [0.717, 1.165) is 6.21 Å². The maximum absolute atomic E-state index is 12.1. The van der Waals surface area contributed by atoms with Gasteiger partial charge in [0.2, 0.25) is 5.91 Å². The molecule has 1 unspecified atom stereocenters. The Bertz CT molecular complexity index is 1460. The summed E-state index contributed by atoms with van der Waals surface area (Å²) in [6.45, 7) is 0.174. The standard InChI is InChI=1S/C21H23N9O4S/c22-7-12(8-26-35(33,34)14-1-2-14)21-23-4-3-17(29-21)28-18-6-16-15(10-24-18)27-19(11-31)30(16)13-5-20(32)25-9-13/h3-4,6-8,10,13-14,31H,1-2,5,9,11,22H2,(H,25,32)(H,23,24,28,29). The van der Waals surface area contributed by atoms with Crippen molar-refractivity contribution in [1.82, 2.24) is 29.8 Å². The van der Waals surface area contributed by atoms with E-state index in [2.05, 4.69) is 35.0 Å². The van der Waals surface area contributed by atoms with Gasteiger partial charge in [0.15, 0.2) is 5.82 Å². The molecule has 1 saturated carbocycles. The minimum absolute atomic E-state index is 0.0566. The Balaban J connectivity index is 1.42. The first-order valence-corrected chi connectivity index (χ1v) is 12.4. The van der Waals surface area contributed by atoms with Crippen molar-refractivity contribution in [1.29, 1.82) is 0 Å². The molecule has 4 heterocycles. The number of carbonyl (C=O) groups is 1. The molecule has 2 fully saturated rings. The normalized spacial score (nSPS) is 18.9. The molecule has 0 radical (unpaired) electrons. The zero-order chi connectivity index (χ0) is 24.6. The third-order valence-electron chi connectivity index (χ3n) is 5.75. The topological polar surface area (TPSA) is 190 Å². The van der Waals surface area contributed by atoms with Gasteiger partial charge in [-0.15, -0.1) is 0 Å². The van der Waals surface area contributed by atoms with Crippen molar-refractivity contribution >= 4 is 50.4 Å². The van der Waals surface area contributed by atoms with Crippen molar-refractivity contribution in [2.75, 3.05) is 11.9 Å². The van der Waals surface area contributed by atoms with Crippen LogP contribution in [0.2, 0.25) is 0 Å². The molecule has 0 bridgehead atoms. The smallest absolute Gasteiger partial charge is 0.255 e. The van der Waals surface area contributed by atoms with E-state index in [1.807, 2.05) is 4.57 Å². The van der Waals surface area contributed by atoms with E-state index < -0.39 is 15.3 Å². The van der Waals surface area contributed by atoms with Crippen LogP contribution in [0, 0.1) is 0 Å². The van der Waals surface area contributed by atoms with Crippen LogP contribution >= 0.6 is 0 Å². The highest BCUT2D eigenvalue weighted by Crippen LogP contribution is 2.30. The van der Waals surface area contributed by atoms with Gasteiger partial charge in [0.05, 0.1) is 34.8 Å². The quantitative estimate of drug-likeness (QED) is 0.316. The fourth-order valence-electron chi connectivity index (χ4n) is 3.86. The van der Waals surface area contributed by atoms with Crippen molar-refractivity contribution in [2.45, 2.75) is 37.2 Å². The molecule has 1 amide bonds. The van der Waals surface area contributed by atoms with E-state index in [9.17, 15) is 18.3 Å². The Kier molecular flexibility index (Phi) is 5.90. The number of aliphatic hydroxyl groups is 1. The van der Waals surface area contributed by atoms with Crippen LogP contribution in [0.1, 0.15) is 37.0 Å². The van der Waals surface area contributed by atoms with Gasteiger partial charge in [-0.25, -0.2) is 28.4 Å². The lowest BCUT2D eigenvalue weighted by atomic mass is 10.2. The minimum Gasteiger partial charge on any atom is -0.404 e. The van der Waals surface area contributed by atoms with Crippen molar-refractivity contribution in [2.24, 2.45) is 10.1 Å². The average Bonchev–Trinajstić information content (AvgIpc) is 3.54. The molecular weight excluding hydrogens is 474 g/mol. The molecular formula is C21H23N9O4S. The fourth-order valence-corrected chi connectivity index (χ4v) is 5.03. The van der Waals surface area contributed by atoms with Crippen LogP contribution in [0.25, 0.3) is 16.6 Å². The molecule has 182 valence electrons. The van der Waals surface area contributed by atoms with Gasteiger partial charge in [-0.3, -0.25) is 4.79 Å². The third kappa shape index (κ3) is 4.70. The van der Waals surface area contributed by atoms with Crippen LogP contribution in [0.4, 0.5) is 11.6 Å². The van der Waals surface area contributed by atoms with Crippen molar-refractivity contribution < 1.29 is 18.3 Å². The van der Waals surface area contributed by atoms with Gasteiger partial charge in [0, 0.05) is 31.4 Å². The Morgan fingerprint density at radius 3 is 2.83 bits per heavy atom. The molecule has 1 aliphatic carbocycles. The summed E-state index contributed by atoms with van der Waals surface area (Å²) in [5.41, 5.74) is 7.22. The molecule has 2 aliphatic rings. The second-order valence-corrected chi connectivity index (χ2v) is 10.1. The van der Waals surface area contributed by atoms with Gasteiger partial charge < -0.3 is 26.0 Å². The zero-order valence-corrected chi connectivity index (χ0v) is 19.3. The number of aromatic nitrogens is 5. The molecule has 35 heavy (non-hydrogen) atoms. The molecule has 1 saturated heterocycles. The predicted molar refractivity (Wildman–Crippen MR) is 128 cm³/mol.